The van der Waals surface area contributed by atoms with Crippen LogP contribution in [-0.4, -0.2) is 17.2 Å². The van der Waals surface area contributed by atoms with Crippen molar-refractivity contribution in [3.05, 3.63) is 23.4 Å². The number of nitrogens with zero attached hydrogens (tertiary/aromatic N) is 1. The van der Waals surface area contributed by atoms with Crippen molar-refractivity contribution in [2.45, 2.75) is 20.0 Å². The maximum absolute atomic E-state index is 9.29. The highest BCUT2D eigenvalue weighted by molar-refractivity contribution is 5.26. The van der Waals surface area contributed by atoms with Crippen LogP contribution >= 0.6 is 0 Å². The molecule has 0 bridgehead atoms. The van der Waals surface area contributed by atoms with Crippen molar-refractivity contribution >= 4 is 0 Å². The Morgan fingerprint density at radius 3 is 2.58 bits per heavy atom. The van der Waals surface area contributed by atoms with E-state index in [1.807, 2.05) is 13.0 Å². The van der Waals surface area contributed by atoms with E-state index in [0.29, 0.717) is 5.88 Å². The van der Waals surface area contributed by atoms with Crippen LogP contribution in [0.1, 0.15) is 24.3 Å². The molecule has 3 heteroatoms. The van der Waals surface area contributed by atoms with Crippen molar-refractivity contribution in [2.75, 3.05) is 7.11 Å². The van der Waals surface area contributed by atoms with E-state index >= 15 is 0 Å². The summed E-state index contributed by atoms with van der Waals surface area (Å²) in [5.41, 5.74) is 1.65. The van der Waals surface area contributed by atoms with E-state index in [2.05, 4.69) is 4.98 Å². The molecule has 1 N–H and O–H groups in total. The summed E-state index contributed by atoms with van der Waals surface area (Å²) in [5.74, 6) is 0.580. The van der Waals surface area contributed by atoms with Gasteiger partial charge in [-0.3, -0.25) is 0 Å². The molecule has 0 saturated heterocycles. The van der Waals surface area contributed by atoms with Gasteiger partial charge in [0.05, 0.1) is 13.2 Å². The molecular formula is C9H13NO2. The second kappa shape index (κ2) is 3.54. The Kier molecular flexibility index (Phi) is 2.65. The fourth-order valence-electron chi connectivity index (χ4n) is 1.10. The summed E-state index contributed by atoms with van der Waals surface area (Å²) in [4.78, 5) is 4.13. The average Bonchev–Trinajstić information content (AvgIpc) is 2.03. The molecule has 1 unspecified atom stereocenters. The number of aromatic nitrogens is 1. The summed E-state index contributed by atoms with van der Waals surface area (Å²) in [6.45, 7) is 3.57. The fraction of sp³-hybridized carbons (Fsp3) is 0.444. The number of hydrogen-bond donors (Lipinski definition) is 1. The molecule has 12 heavy (non-hydrogen) atoms. The van der Waals surface area contributed by atoms with Crippen LogP contribution in [0.15, 0.2) is 12.1 Å². The molecule has 0 amide bonds. The molecule has 0 aliphatic carbocycles. The van der Waals surface area contributed by atoms with Gasteiger partial charge in [-0.2, -0.15) is 0 Å². The van der Waals surface area contributed by atoms with E-state index in [-0.39, 0.29) is 0 Å². The topological polar surface area (TPSA) is 42.4 Å². The maximum atomic E-state index is 9.29. The summed E-state index contributed by atoms with van der Waals surface area (Å²) >= 11 is 0. The molecule has 66 valence electrons. The minimum Gasteiger partial charge on any atom is -0.481 e. The molecular weight excluding hydrogens is 154 g/mol. The van der Waals surface area contributed by atoms with Crippen molar-refractivity contribution in [1.82, 2.24) is 4.98 Å². The molecule has 1 aromatic rings. The lowest BCUT2D eigenvalue weighted by Crippen LogP contribution is -1.98. The standard InChI is InChI=1S/C9H13NO2/c1-6-8(7(2)11)4-5-9(10-6)12-3/h4-5,7,11H,1-3H3. The Hall–Kier alpha value is -1.09. The highest BCUT2D eigenvalue weighted by Gasteiger charge is 2.06. The van der Waals surface area contributed by atoms with E-state index < -0.39 is 6.10 Å². The molecule has 0 radical (unpaired) electrons. The Labute approximate surface area is 72.0 Å². The number of ether oxygens (including phenoxy) is 1. The van der Waals surface area contributed by atoms with E-state index in [4.69, 9.17) is 4.74 Å². The molecule has 1 atom stereocenters. The van der Waals surface area contributed by atoms with Gasteiger partial charge in [-0.1, -0.05) is 0 Å². The number of hydrogen-bond acceptors (Lipinski definition) is 3. The molecule has 1 aromatic heterocycles. The van der Waals surface area contributed by atoms with E-state index in [1.54, 1.807) is 20.1 Å². The van der Waals surface area contributed by atoms with Gasteiger partial charge < -0.3 is 9.84 Å². The summed E-state index contributed by atoms with van der Waals surface area (Å²) in [7, 11) is 1.57. The van der Waals surface area contributed by atoms with Gasteiger partial charge in [-0.25, -0.2) is 4.98 Å². The van der Waals surface area contributed by atoms with Crippen LogP contribution in [0.25, 0.3) is 0 Å². The number of methoxy groups -OCH3 is 1. The Morgan fingerprint density at radius 2 is 2.17 bits per heavy atom. The van der Waals surface area contributed by atoms with Crippen LogP contribution in [-0.2, 0) is 0 Å². The van der Waals surface area contributed by atoms with Gasteiger partial charge in [0.1, 0.15) is 0 Å². The SMILES string of the molecule is COc1ccc(C(C)O)c(C)n1. The van der Waals surface area contributed by atoms with Crippen LogP contribution in [0, 0.1) is 6.92 Å². The summed E-state index contributed by atoms with van der Waals surface area (Å²) < 4.78 is 4.94. The zero-order valence-corrected chi connectivity index (χ0v) is 7.53. The van der Waals surface area contributed by atoms with Crippen LogP contribution < -0.4 is 4.74 Å². The van der Waals surface area contributed by atoms with Crippen LogP contribution in [0.2, 0.25) is 0 Å². The fourth-order valence-corrected chi connectivity index (χ4v) is 1.10. The molecule has 0 aliphatic rings. The van der Waals surface area contributed by atoms with E-state index in [1.165, 1.54) is 0 Å². The Bertz CT molecular complexity index is 271. The number of pyridine rings is 1. The first kappa shape index (κ1) is 9.00. The third kappa shape index (κ3) is 1.74. The lowest BCUT2D eigenvalue weighted by Gasteiger charge is -2.08. The lowest BCUT2D eigenvalue weighted by atomic mass is 10.1. The van der Waals surface area contributed by atoms with Crippen molar-refractivity contribution in [2.24, 2.45) is 0 Å². The van der Waals surface area contributed by atoms with Gasteiger partial charge in [-0.05, 0) is 19.9 Å². The summed E-state index contributed by atoms with van der Waals surface area (Å²) in [6, 6.07) is 3.57. The zero-order chi connectivity index (χ0) is 9.14. The zero-order valence-electron chi connectivity index (χ0n) is 7.53. The smallest absolute Gasteiger partial charge is 0.213 e. The highest BCUT2D eigenvalue weighted by Crippen LogP contribution is 2.18. The molecule has 1 rings (SSSR count). The quantitative estimate of drug-likeness (QED) is 0.725. The molecule has 3 nitrogen and oxygen atoms in total. The minimum absolute atomic E-state index is 0.469. The first-order chi connectivity index (χ1) is 5.65. The minimum atomic E-state index is -0.469. The van der Waals surface area contributed by atoms with Gasteiger partial charge >= 0.3 is 0 Å². The summed E-state index contributed by atoms with van der Waals surface area (Å²) in [6.07, 6.45) is -0.469. The molecule has 0 spiro atoms. The van der Waals surface area contributed by atoms with Gasteiger partial charge in [0, 0.05) is 17.3 Å². The number of aliphatic hydroxyl groups excluding tert-OH is 1. The van der Waals surface area contributed by atoms with Gasteiger partial charge in [0.15, 0.2) is 0 Å². The normalized spacial score (nSPS) is 12.7. The molecule has 0 saturated carbocycles. The monoisotopic (exact) mass is 167 g/mol. The van der Waals surface area contributed by atoms with Gasteiger partial charge in [0.2, 0.25) is 5.88 Å². The van der Waals surface area contributed by atoms with Crippen LogP contribution in [0.3, 0.4) is 0 Å². The number of rotatable bonds is 2. The van der Waals surface area contributed by atoms with Gasteiger partial charge in [-0.15, -0.1) is 0 Å². The predicted molar refractivity (Wildman–Crippen MR) is 46.2 cm³/mol. The second-order valence-electron chi connectivity index (χ2n) is 2.70. The Morgan fingerprint density at radius 1 is 1.50 bits per heavy atom. The first-order valence-corrected chi connectivity index (χ1v) is 3.84. The average molecular weight is 167 g/mol. The highest BCUT2D eigenvalue weighted by atomic mass is 16.5. The predicted octanol–water partition coefficient (Wildman–Crippen LogP) is 1.45. The number of aliphatic hydroxyl groups is 1. The van der Waals surface area contributed by atoms with Crippen molar-refractivity contribution < 1.29 is 9.84 Å². The van der Waals surface area contributed by atoms with Crippen LogP contribution in [0.4, 0.5) is 0 Å². The van der Waals surface area contributed by atoms with Crippen molar-refractivity contribution in [3.63, 3.8) is 0 Å². The second-order valence-corrected chi connectivity index (χ2v) is 2.70. The van der Waals surface area contributed by atoms with Crippen molar-refractivity contribution in [1.29, 1.82) is 0 Å². The molecule has 0 fully saturated rings. The third-order valence-corrected chi connectivity index (χ3v) is 1.76. The summed E-state index contributed by atoms with van der Waals surface area (Å²) in [5, 5.41) is 9.29. The number of aryl methyl sites for hydroxylation is 1. The van der Waals surface area contributed by atoms with E-state index in [0.717, 1.165) is 11.3 Å². The molecule has 1 heterocycles. The third-order valence-electron chi connectivity index (χ3n) is 1.76. The van der Waals surface area contributed by atoms with Gasteiger partial charge in [0.25, 0.3) is 0 Å². The van der Waals surface area contributed by atoms with Crippen LogP contribution in [0.5, 0.6) is 5.88 Å². The van der Waals surface area contributed by atoms with E-state index in [9.17, 15) is 5.11 Å². The largest absolute Gasteiger partial charge is 0.481 e. The van der Waals surface area contributed by atoms with Crippen molar-refractivity contribution in [3.8, 4) is 5.88 Å². The Balaban J connectivity index is 3.03. The maximum Gasteiger partial charge on any atom is 0.213 e. The first-order valence-electron chi connectivity index (χ1n) is 3.84. The molecule has 0 aliphatic heterocycles. The molecule has 0 aromatic carbocycles. The lowest BCUT2D eigenvalue weighted by molar-refractivity contribution is 0.198.